The molecule has 0 atom stereocenters. The molecule has 0 bridgehead atoms. The number of carbonyl (C=O) groups excluding carboxylic acids is 3. The largest absolute Gasteiger partial charge is 0.371 e. The van der Waals surface area contributed by atoms with Gasteiger partial charge in [0.2, 0.25) is 5.91 Å². The second kappa shape index (κ2) is 11.0. The normalized spacial score (nSPS) is 15.4. The van der Waals surface area contributed by atoms with Gasteiger partial charge in [-0.05, 0) is 54.8 Å². The number of amides is 3. The molecule has 5 rings (SSSR count). The van der Waals surface area contributed by atoms with Crippen LogP contribution >= 0.6 is 11.6 Å². The predicted molar refractivity (Wildman–Crippen MR) is 145 cm³/mol. The zero-order chi connectivity index (χ0) is 25.8. The molecule has 0 unspecified atom stereocenters. The Labute approximate surface area is 221 Å². The predicted octanol–water partition coefficient (Wildman–Crippen LogP) is 4.36. The van der Waals surface area contributed by atoms with E-state index in [0.29, 0.717) is 41.5 Å². The Balaban J connectivity index is 1.32. The number of hydrogen-bond acceptors (Lipinski definition) is 4. The minimum absolute atomic E-state index is 0.104. The maximum atomic E-state index is 13.7. The van der Waals surface area contributed by atoms with Gasteiger partial charge in [-0.3, -0.25) is 19.3 Å². The van der Waals surface area contributed by atoms with E-state index in [1.807, 2.05) is 54.6 Å². The van der Waals surface area contributed by atoms with Crippen molar-refractivity contribution >= 4 is 40.7 Å². The van der Waals surface area contributed by atoms with Crippen molar-refractivity contribution in [3.05, 3.63) is 94.5 Å². The second-order valence-electron chi connectivity index (χ2n) is 9.32. The summed E-state index contributed by atoms with van der Waals surface area (Å²) in [5, 5.41) is 3.25. The van der Waals surface area contributed by atoms with Gasteiger partial charge in [0.25, 0.3) is 11.8 Å². The second-order valence-corrected chi connectivity index (χ2v) is 9.72. The molecule has 0 aliphatic carbocycles. The maximum absolute atomic E-state index is 13.7. The molecule has 0 spiro atoms. The van der Waals surface area contributed by atoms with Crippen LogP contribution in [0.5, 0.6) is 0 Å². The quantitative estimate of drug-likeness (QED) is 0.528. The minimum Gasteiger partial charge on any atom is -0.371 e. The van der Waals surface area contributed by atoms with Crippen LogP contribution in [0.2, 0.25) is 5.02 Å². The van der Waals surface area contributed by atoms with Crippen LogP contribution in [0.3, 0.4) is 0 Å². The Kier molecular flexibility index (Phi) is 7.42. The lowest BCUT2D eigenvalue weighted by Gasteiger charge is -2.24. The monoisotopic (exact) mass is 516 g/mol. The van der Waals surface area contributed by atoms with Crippen molar-refractivity contribution in [3.63, 3.8) is 0 Å². The Morgan fingerprint density at radius 2 is 1.62 bits per heavy atom. The molecule has 0 radical (unpaired) electrons. The van der Waals surface area contributed by atoms with Crippen LogP contribution in [0.4, 0.5) is 11.4 Å². The topological polar surface area (TPSA) is 73.0 Å². The standard InChI is InChI=1S/C29H29ClN4O3/c30-25-18-23(32-15-6-7-16-32)12-13-24(25)29(37)34-20-27(35)33(19-22-10-4-5-11-26(22)34)17-14-31-28(36)21-8-2-1-3-9-21/h1-5,8-13,18H,6-7,14-17,19-20H2,(H,31,36). The lowest BCUT2D eigenvalue weighted by molar-refractivity contribution is -0.130. The number of benzene rings is 3. The highest BCUT2D eigenvalue weighted by Gasteiger charge is 2.30. The number of nitrogens with zero attached hydrogens (tertiary/aromatic N) is 3. The van der Waals surface area contributed by atoms with Crippen LogP contribution in [0.15, 0.2) is 72.8 Å². The van der Waals surface area contributed by atoms with E-state index in [0.717, 1.165) is 37.2 Å². The van der Waals surface area contributed by atoms with Crippen molar-refractivity contribution < 1.29 is 14.4 Å². The summed E-state index contributed by atoms with van der Waals surface area (Å²) >= 11 is 6.59. The number of fused-ring (bicyclic) bond motifs is 1. The van der Waals surface area contributed by atoms with Crippen LogP contribution in [-0.2, 0) is 11.3 Å². The SMILES string of the molecule is O=C(NCCN1Cc2ccccc2N(C(=O)c2ccc(N3CCCC3)cc2Cl)CC1=O)c1ccccc1. The van der Waals surface area contributed by atoms with Crippen LogP contribution in [-0.4, -0.2) is 55.3 Å². The highest BCUT2D eigenvalue weighted by atomic mass is 35.5. The summed E-state index contributed by atoms with van der Waals surface area (Å²) in [5.41, 5.74) is 3.50. The van der Waals surface area contributed by atoms with E-state index in [1.165, 1.54) is 4.90 Å². The van der Waals surface area contributed by atoms with Crippen LogP contribution in [0.25, 0.3) is 0 Å². The molecule has 3 amide bonds. The number of anilines is 2. The molecule has 7 nitrogen and oxygen atoms in total. The Morgan fingerprint density at radius 1 is 0.892 bits per heavy atom. The maximum Gasteiger partial charge on any atom is 0.260 e. The Morgan fingerprint density at radius 3 is 2.38 bits per heavy atom. The van der Waals surface area contributed by atoms with Crippen molar-refractivity contribution in [2.45, 2.75) is 19.4 Å². The van der Waals surface area contributed by atoms with Gasteiger partial charge in [0, 0.05) is 49.7 Å². The summed E-state index contributed by atoms with van der Waals surface area (Å²) in [6.45, 7) is 2.85. The summed E-state index contributed by atoms with van der Waals surface area (Å²) in [6.07, 6.45) is 2.30. The third kappa shape index (κ3) is 5.47. The highest BCUT2D eigenvalue weighted by Crippen LogP contribution is 2.31. The lowest BCUT2D eigenvalue weighted by Crippen LogP contribution is -2.43. The molecule has 37 heavy (non-hydrogen) atoms. The number of halogens is 1. The van der Waals surface area contributed by atoms with E-state index in [4.69, 9.17) is 11.6 Å². The van der Waals surface area contributed by atoms with Gasteiger partial charge in [-0.1, -0.05) is 48.0 Å². The van der Waals surface area contributed by atoms with Crippen molar-refractivity contribution in [1.29, 1.82) is 0 Å². The first kappa shape index (κ1) is 24.8. The molecule has 2 aliphatic heterocycles. The fourth-order valence-corrected chi connectivity index (χ4v) is 5.15. The zero-order valence-electron chi connectivity index (χ0n) is 20.5. The first-order chi connectivity index (χ1) is 18.0. The third-order valence-electron chi connectivity index (χ3n) is 6.89. The molecule has 1 fully saturated rings. The fourth-order valence-electron chi connectivity index (χ4n) is 4.90. The van der Waals surface area contributed by atoms with E-state index in [2.05, 4.69) is 10.2 Å². The Bertz CT molecular complexity index is 1310. The molecule has 1 saturated heterocycles. The molecular weight excluding hydrogens is 488 g/mol. The first-order valence-electron chi connectivity index (χ1n) is 12.6. The smallest absolute Gasteiger partial charge is 0.260 e. The highest BCUT2D eigenvalue weighted by molar-refractivity contribution is 6.35. The minimum atomic E-state index is -0.307. The summed E-state index contributed by atoms with van der Waals surface area (Å²) < 4.78 is 0. The van der Waals surface area contributed by atoms with E-state index >= 15 is 0 Å². The molecule has 8 heteroatoms. The first-order valence-corrected chi connectivity index (χ1v) is 12.9. The molecule has 2 aliphatic rings. The van der Waals surface area contributed by atoms with Gasteiger partial charge in [0.05, 0.1) is 10.6 Å². The molecule has 3 aromatic carbocycles. The summed E-state index contributed by atoms with van der Waals surface area (Å²) in [7, 11) is 0. The fraction of sp³-hybridized carbons (Fsp3) is 0.276. The molecular formula is C29H29ClN4O3. The van der Waals surface area contributed by atoms with E-state index in [1.54, 1.807) is 23.1 Å². The number of hydrogen-bond donors (Lipinski definition) is 1. The molecule has 2 heterocycles. The average molecular weight is 517 g/mol. The third-order valence-corrected chi connectivity index (χ3v) is 7.21. The van der Waals surface area contributed by atoms with Gasteiger partial charge < -0.3 is 15.1 Å². The molecule has 0 saturated carbocycles. The molecule has 3 aromatic rings. The van der Waals surface area contributed by atoms with Gasteiger partial charge >= 0.3 is 0 Å². The number of rotatable bonds is 6. The number of nitrogens with one attached hydrogen (secondary N) is 1. The van der Waals surface area contributed by atoms with Crippen LogP contribution in [0, 0.1) is 0 Å². The van der Waals surface area contributed by atoms with Gasteiger partial charge in [-0.2, -0.15) is 0 Å². The summed E-state index contributed by atoms with van der Waals surface area (Å²) in [5.74, 6) is -0.687. The van der Waals surface area contributed by atoms with Gasteiger partial charge in [-0.15, -0.1) is 0 Å². The van der Waals surface area contributed by atoms with E-state index < -0.39 is 0 Å². The molecule has 1 N–H and O–H groups in total. The molecule has 0 aromatic heterocycles. The Hall–Kier alpha value is -3.84. The molecule has 190 valence electrons. The number of para-hydroxylation sites is 1. The summed E-state index contributed by atoms with van der Waals surface area (Å²) in [4.78, 5) is 44.8. The number of carbonyl (C=O) groups is 3. The van der Waals surface area contributed by atoms with E-state index in [-0.39, 0.29) is 24.3 Å². The van der Waals surface area contributed by atoms with Gasteiger partial charge in [-0.25, -0.2) is 0 Å². The zero-order valence-corrected chi connectivity index (χ0v) is 21.3. The van der Waals surface area contributed by atoms with Crippen molar-refractivity contribution in [2.24, 2.45) is 0 Å². The van der Waals surface area contributed by atoms with Gasteiger partial charge in [0.15, 0.2) is 0 Å². The van der Waals surface area contributed by atoms with Gasteiger partial charge in [0.1, 0.15) is 6.54 Å². The lowest BCUT2D eigenvalue weighted by atomic mass is 10.1. The van der Waals surface area contributed by atoms with Crippen molar-refractivity contribution in [1.82, 2.24) is 10.2 Å². The van der Waals surface area contributed by atoms with Crippen LogP contribution < -0.4 is 15.1 Å². The average Bonchev–Trinajstić information content (AvgIpc) is 3.42. The van der Waals surface area contributed by atoms with Crippen molar-refractivity contribution in [3.8, 4) is 0 Å². The van der Waals surface area contributed by atoms with Crippen LogP contribution in [0.1, 0.15) is 39.1 Å². The van der Waals surface area contributed by atoms with Crippen molar-refractivity contribution in [2.75, 3.05) is 42.5 Å². The van der Waals surface area contributed by atoms with E-state index in [9.17, 15) is 14.4 Å². The summed E-state index contributed by atoms with van der Waals surface area (Å²) in [6, 6.07) is 22.0.